The lowest BCUT2D eigenvalue weighted by molar-refractivity contribution is 0.218. The summed E-state index contributed by atoms with van der Waals surface area (Å²) in [6.07, 6.45) is 5.23. The number of hydrogen-bond donors (Lipinski definition) is 2. The highest BCUT2D eigenvalue weighted by Gasteiger charge is 2.34. The fourth-order valence-corrected chi connectivity index (χ4v) is 5.21. The number of nitrogens with one attached hydrogen (secondary N) is 2. The lowest BCUT2D eigenvalue weighted by atomic mass is 9.78. The molecule has 3 unspecified atom stereocenters. The molecule has 1 aliphatic heterocycles. The SMILES string of the molecule is CNCC1CCN(S(=O)(=O)NC2CCCC(C)C2C)CC1. The van der Waals surface area contributed by atoms with Gasteiger partial charge in [0.25, 0.3) is 10.2 Å². The van der Waals surface area contributed by atoms with Crippen molar-refractivity contribution >= 4 is 10.2 Å². The molecule has 124 valence electrons. The first kappa shape index (κ1) is 17.2. The van der Waals surface area contributed by atoms with Crippen LogP contribution < -0.4 is 10.0 Å². The molecule has 0 amide bonds. The summed E-state index contributed by atoms with van der Waals surface area (Å²) in [5.74, 6) is 1.64. The molecule has 0 bridgehead atoms. The fourth-order valence-electron chi connectivity index (χ4n) is 3.66. The van der Waals surface area contributed by atoms with E-state index in [-0.39, 0.29) is 6.04 Å². The summed E-state index contributed by atoms with van der Waals surface area (Å²) in [5.41, 5.74) is 0. The van der Waals surface area contributed by atoms with Crippen molar-refractivity contribution in [2.24, 2.45) is 17.8 Å². The zero-order valence-corrected chi connectivity index (χ0v) is 14.5. The molecule has 6 heteroatoms. The quantitative estimate of drug-likeness (QED) is 0.809. The Balaban J connectivity index is 1.90. The summed E-state index contributed by atoms with van der Waals surface area (Å²) in [7, 11) is -1.36. The highest BCUT2D eigenvalue weighted by molar-refractivity contribution is 7.87. The van der Waals surface area contributed by atoms with Crippen molar-refractivity contribution in [2.75, 3.05) is 26.7 Å². The standard InChI is InChI=1S/C15H31N3O2S/c1-12-5-4-6-15(13(12)2)17-21(19,20)18-9-7-14(8-10-18)11-16-3/h12-17H,4-11H2,1-3H3. The van der Waals surface area contributed by atoms with Crippen LogP contribution in [0.3, 0.4) is 0 Å². The first-order chi connectivity index (χ1) is 9.94. The molecular formula is C15H31N3O2S. The van der Waals surface area contributed by atoms with Gasteiger partial charge in [-0.1, -0.05) is 26.7 Å². The van der Waals surface area contributed by atoms with E-state index in [2.05, 4.69) is 23.9 Å². The van der Waals surface area contributed by atoms with Gasteiger partial charge in [0.15, 0.2) is 0 Å². The Hall–Kier alpha value is -0.170. The normalized spacial score (nSPS) is 33.2. The highest BCUT2D eigenvalue weighted by Crippen LogP contribution is 2.30. The third-order valence-electron chi connectivity index (χ3n) is 5.41. The van der Waals surface area contributed by atoms with Crippen molar-refractivity contribution < 1.29 is 8.42 Å². The third kappa shape index (κ3) is 4.41. The molecule has 2 aliphatic rings. The molecule has 1 heterocycles. The van der Waals surface area contributed by atoms with Gasteiger partial charge in [-0.3, -0.25) is 0 Å². The van der Waals surface area contributed by atoms with Gasteiger partial charge in [-0.2, -0.15) is 17.4 Å². The Kier molecular flexibility index (Phi) is 6.05. The van der Waals surface area contributed by atoms with Crippen LogP contribution >= 0.6 is 0 Å². The van der Waals surface area contributed by atoms with Crippen molar-refractivity contribution in [1.82, 2.24) is 14.3 Å². The predicted molar refractivity (Wildman–Crippen MR) is 86.2 cm³/mol. The third-order valence-corrected chi connectivity index (χ3v) is 7.06. The van der Waals surface area contributed by atoms with Crippen LogP contribution in [0.25, 0.3) is 0 Å². The number of rotatable bonds is 5. The van der Waals surface area contributed by atoms with Crippen molar-refractivity contribution in [3.63, 3.8) is 0 Å². The molecule has 2 fully saturated rings. The van der Waals surface area contributed by atoms with E-state index in [0.717, 1.165) is 32.2 Å². The van der Waals surface area contributed by atoms with Gasteiger partial charge in [0.2, 0.25) is 0 Å². The van der Waals surface area contributed by atoms with E-state index in [0.29, 0.717) is 30.8 Å². The molecule has 0 aromatic carbocycles. The maximum atomic E-state index is 12.6. The van der Waals surface area contributed by atoms with Crippen molar-refractivity contribution in [1.29, 1.82) is 0 Å². The molecule has 1 aliphatic carbocycles. The van der Waals surface area contributed by atoms with Crippen molar-refractivity contribution in [2.45, 2.75) is 52.0 Å². The van der Waals surface area contributed by atoms with Crippen LogP contribution in [0.2, 0.25) is 0 Å². The summed E-state index contributed by atoms with van der Waals surface area (Å²) in [6.45, 7) is 6.69. The average molecular weight is 317 g/mol. The Labute approximate surface area is 130 Å². The Bertz CT molecular complexity index is 419. The second kappa shape index (κ2) is 7.40. The van der Waals surface area contributed by atoms with Crippen LogP contribution in [0.4, 0.5) is 0 Å². The van der Waals surface area contributed by atoms with Crippen LogP contribution in [0, 0.1) is 17.8 Å². The molecule has 2 N–H and O–H groups in total. The van der Waals surface area contributed by atoms with Gasteiger partial charge < -0.3 is 5.32 Å². The zero-order valence-electron chi connectivity index (χ0n) is 13.6. The zero-order chi connectivity index (χ0) is 15.5. The van der Waals surface area contributed by atoms with Gasteiger partial charge in [0.1, 0.15) is 0 Å². The summed E-state index contributed by atoms with van der Waals surface area (Å²) in [5, 5.41) is 3.18. The minimum Gasteiger partial charge on any atom is -0.319 e. The molecule has 2 rings (SSSR count). The average Bonchev–Trinajstić information content (AvgIpc) is 2.45. The van der Waals surface area contributed by atoms with Gasteiger partial charge in [0.05, 0.1) is 0 Å². The largest absolute Gasteiger partial charge is 0.319 e. The molecule has 0 radical (unpaired) electrons. The van der Waals surface area contributed by atoms with E-state index >= 15 is 0 Å². The minimum atomic E-state index is -3.31. The van der Waals surface area contributed by atoms with E-state index in [1.54, 1.807) is 4.31 Å². The summed E-state index contributed by atoms with van der Waals surface area (Å²) in [4.78, 5) is 0. The van der Waals surface area contributed by atoms with E-state index < -0.39 is 10.2 Å². The second-order valence-corrected chi connectivity index (χ2v) is 8.60. The number of hydrogen-bond acceptors (Lipinski definition) is 3. The topological polar surface area (TPSA) is 61.4 Å². The first-order valence-electron chi connectivity index (χ1n) is 8.36. The van der Waals surface area contributed by atoms with Crippen LogP contribution in [-0.2, 0) is 10.2 Å². The lowest BCUT2D eigenvalue weighted by Gasteiger charge is -2.37. The number of nitrogens with zero attached hydrogens (tertiary/aromatic N) is 1. The summed E-state index contributed by atoms with van der Waals surface area (Å²) in [6, 6.07) is 0.105. The van der Waals surface area contributed by atoms with E-state index in [9.17, 15) is 8.42 Å². The molecule has 21 heavy (non-hydrogen) atoms. The lowest BCUT2D eigenvalue weighted by Crippen LogP contribution is -2.51. The van der Waals surface area contributed by atoms with E-state index in [4.69, 9.17) is 0 Å². The molecule has 5 nitrogen and oxygen atoms in total. The van der Waals surface area contributed by atoms with Gasteiger partial charge in [0, 0.05) is 19.1 Å². The fraction of sp³-hybridized carbons (Fsp3) is 1.00. The highest BCUT2D eigenvalue weighted by atomic mass is 32.2. The van der Waals surface area contributed by atoms with Gasteiger partial charge in [-0.05, 0) is 50.6 Å². The van der Waals surface area contributed by atoms with Crippen molar-refractivity contribution in [3.05, 3.63) is 0 Å². The molecule has 0 aromatic heterocycles. The molecule has 1 saturated heterocycles. The monoisotopic (exact) mass is 317 g/mol. The molecular weight excluding hydrogens is 286 g/mol. The second-order valence-electron chi connectivity index (χ2n) is 6.90. The maximum absolute atomic E-state index is 12.6. The Morgan fingerprint density at radius 3 is 2.38 bits per heavy atom. The van der Waals surface area contributed by atoms with Crippen LogP contribution in [-0.4, -0.2) is 45.4 Å². The van der Waals surface area contributed by atoms with E-state index in [1.807, 2.05) is 7.05 Å². The first-order valence-corrected chi connectivity index (χ1v) is 9.80. The van der Waals surface area contributed by atoms with Crippen LogP contribution in [0.15, 0.2) is 0 Å². The minimum absolute atomic E-state index is 0.105. The molecule has 0 spiro atoms. The smallest absolute Gasteiger partial charge is 0.279 e. The Morgan fingerprint density at radius 2 is 1.76 bits per heavy atom. The van der Waals surface area contributed by atoms with Gasteiger partial charge in [-0.15, -0.1) is 0 Å². The molecule has 0 aromatic rings. The summed E-state index contributed by atoms with van der Waals surface area (Å²) < 4.78 is 29.8. The van der Waals surface area contributed by atoms with Crippen LogP contribution in [0.5, 0.6) is 0 Å². The summed E-state index contributed by atoms with van der Waals surface area (Å²) >= 11 is 0. The predicted octanol–water partition coefficient (Wildman–Crippen LogP) is 1.58. The maximum Gasteiger partial charge on any atom is 0.279 e. The Morgan fingerprint density at radius 1 is 1.10 bits per heavy atom. The van der Waals surface area contributed by atoms with Gasteiger partial charge in [-0.25, -0.2) is 0 Å². The number of piperidine rings is 1. The van der Waals surface area contributed by atoms with E-state index in [1.165, 1.54) is 6.42 Å². The molecule has 1 saturated carbocycles. The van der Waals surface area contributed by atoms with Crippen LogP contribution in [0.1, 0.15) is 46.0 Å². The van der Waals surface area contributed by atoms with Gasteiger partial charge >= 0.3 is 0 Å². The van der Waals surface area contributed by atoms with Crippen molar-refractivity contribution in [3.8, 4) is 0 Å². The molecule has 3 atom stereocenters.